The van der Waals surface area contributed by atoms with Gasteiger partial charge in [0.15, 0.2) is 0 Å². The highest BCUT2D eigenvalue weighted by Crippen LogP contribution is 2.18. The highest BCUT2D eigenvalue weighted by atomic mass is 16.5. The highest BCUT2D eigenvalue weighted by molar-refractivity contribution is 5.76. The average Bonchev–Trinajstić information content (AvgIpc) is 3.36. The van der Waals surface area contributed by atoms with Crippen LogP contribution in [0.4, 0.5) is 0 Å². The molecule has 0 heterocycles. The number of amides is 1. The van der Waals surface area contributed by atoms with Crippen molar-refractivity contribution in [3.63, 3.8) is 0 Å². The minimum atomic E-state index is -0.840. The van der Waals surface area contributed by atoms with Gasteiger partial charge in [0.1, 0.15) is 0 Å². The number of carbonyl (C=O) groups excluding carboxylic acids is 2. The molecule has 2 unspecified atom stereocenters. The van der Waals surface area contributed by atoms with Crippen LogP contribution in [0.1, 0.15) is 348 Å². The molecule has 0 aromatic carbocycles. The zero-order valence-corrected chi connectivity index (χ0v) is 47.3. The molecule has 0 aromatic rings. The predicted octanol–water partition coefficient (Wildman–Crippen LogP) is 19.8. The topological polar surface area (TPSA) is 95.9 Å². The Hall–Kier alpha value is -1.66. The maximum Gasteiger partial charge on any atom is 0.305 e. The predicted molar refractivity (Wildman–Crippen MR) is 306 cm³/mol. The first-order chi connectivity index (χ1) is 34.5. The number of unbranched alkanes of at least 4 members (excludes halogenated alkanes) is 46. The second-order valence-electron chi connectivity index (χ2n) is 21.7. The van der Waals surface area contributed by atoms with Crippen molar-refractivity contribution in [2.24, 2.45) is 0 Å². The van der Waals surface area contributed by atoms with Crippen molar-refractivity contribution in [2.45, 2.75) is 360 Å². The Kier molecular flexibility index (Phi) is 58.5. The molecule has 0 fully saturated rings. The number of aliphatic hydroxyl groups excluding tert-OH is 2. The minimum absolute atomic E-state index is 0.00993. The van der Waals surface area contributed by atoms with Gasteiger partial charge < -0.3 is 20.3 Å². The number of hydrogen-bond acceptors (Lipinski definition) is 5. The van der Waals surface area contributed by atoms with Crippen molar-refractivity contribution in [2.75, 3.05) is 13.2 Å². The molecule has 0 aliphatic carbocycles. The van der Waals surface area contributed by atoms with Gasteiger partial charge in [-0.1, -0.05) is 301 Å². The van der Waals surface area contributed by atoms with Crippen LogP contribution in [-0.2, 0) is 14.3 Å². The summed E-state index contributed by atoms with van der Waals surface area (Å²) in [7, 11) is 0. The van der Waals surface area contributed by atoms with Gasteiger partial charge in [0.2, 0.25) is 5.91 Å². The Labute approximate surface area is 437 Å². The molecule has 0 aliphatic rings. The van der Waals surface area contributed by atoms with Crippen molar-refractivity contribution in [3.8, 4) is 0 Å². The molecule has 0 saturated carbocycles. The standard InChI is InChI=1S/C64H123NO5/c1-3-5-7-9-11-13-15-16-30-34-38-42-46-50-54-58-64(69)70-59-55-51-47-43-39-35-32-29-27-25-23-21-19-17-18-20-22-24-26-28-31-33-37-41-45-49-53-57-63(68)65-61(60-66)62(67)56-52-48-44-40-36-14-12-10-8-6-4-2/h16,30,52,56,61-62,66-67H,3-15,17-29,31-51,53-55,57-60H2,1-2H3,(H,65,68)/b30-16-,56-52+. The van der Waals surface area contributed by atoms with E-state index in [0.717, 1.165) is 44.9 Å². The van der Waals surface area contributed by atoms with Gasteiger partial charge in [-0.3, -0.25) is 9.59 Å². The summed E-state index contributed by atoms with van der Waals surface area (Å²) in [5.74, 6) is -0.0555. The second-order valence-corrected chi connectivity index (χ2v) is 21.7. The normalized spacial score (nSPS) is 12.7. The van der Waals surface area contributed by atoms with Crippen LogP contribution in [-0.4, -0.2) is 47.4 Å². The number of esters is 1. The molecule has 0 aliphatic heterocycles. The lowest BCUT2D eigenvalue weighted by Crippen LogP contribution is -2.45. The quantitative estimate of drug-likeness (QED) is 0.0321. The fourth-order valence-corrected chi connectivity index (χ4v) is 9.87. The first-order valence-electron chi connectivity index (χ1n) is 31.6. The van der Waals surface area contributed by atoms with E-state index in [1.165, 1.54) is 276 Å². The van der Waals surface area contributed by atoms with Crippen LogP contribution in [0.25, 0.3) is 0 Å². The number of carbonyl (C=O) groups is 2. The first kappa shape index (κ1) is 68.3. The molecule has 3 N–H and O–H groups in total. The van der Waals surface area contributed by atoms with E-state index in [9.17, 15) is 19.8 Å². The third-order valence-electron chi connectivity index (χ3n) is 14.7. The van der Waals surface area contributed by atoms with E-state index < -0.39 is 12.1 Å². The van der Waals surface area contributed by atoms with Gasteiger partial charge in [0.05, 0.1) is 25.4 Å². The summed E-state index contributed by atoms with van der Waals surface area (Å²) in [4.78, 5) is 24.5. The van der Waals surface area contributed by atoms with E-state index in [0.29, 0.717) is 19.4 Å². The van der Waals surface area contributed by atoms with Crippen molar-refractivity contribution >= 4 is 11.9 Å². The second kappa shape index (κ2) is 59.9. The molecule has 414 valence electrons. The van der Waals surface area contributed by atoms with Gasteiger partial charge >= 0.3 is 5.97 Å². The summed E-state index contributed by atoms with van der Waals surface area (Å²) in [5.41, 5.74) is 0. The molecule has 1 amide bonds. The molecule has 6 nitrogen and oxygen atoms in total. The Morgan fingerprint density at radius 3 is 1.01 bits per heavy atom. The van der Waals surface area contributed by atoms with Crippen molar-refractivity contribution in [1.82, 2.24) is 5.32 Å². The van der Waals surface area contributed by atoms with E-state index in [2.05, 4.69) is 31.3 Å². The van der Waals surface area contributed by atoms with E-state index >= 15 is 0 Å². The Balaban J connectivity index is 3.34. The SMILES string of the molecule is CCCCCCCC/C=C\CCCCCCCC(=O)OCCCCCCCCCCCCCCCCCCCCCCCCCCCCCC(=O)NC(CO)C(O)/C=C/CCCCCCCCCCC. The van der Waals surface area contributed by atoms with Gasteiger partial charge in [-0.15, -0.1) is 0 Å². The van der Waals surface area contributed by atoms with E-state index in [1.807, 2.05) is 6.08 Å². The Morgan fingerprint density at radius 2 is 0.671 bits per heavy atom. The third kappa shape index (κ3) is 55.7. The fourth-order valence-electron chi connectivity index (χ4n) is 9.87. The van der Waals surface area contributed by atoms with Gasteiger partial charge in [-0.2, -0.15) is 0 Å². The van der Waals surface area contributed by atoms with Gasteiger partial charge in [-0.25, -0.2) is 0 Å². The maximum atomic E-state index is 12.4. The van der Waals surface area contributed by atoms with Crippen molar-refractivity contribution < 1.29 is 24.5 Å². The molecule has 0 aromatic heterocycles. The number of allylic oxidation sites excluding steroid dienone is 3. The number of aliphatic hydroxyl groups is 2. The van der Waals surface area contributed by atoms with Gasteiger partial charge in [0, 0.05) is 12.8 Å². The molecule has 2 atom stereocenters. The van der Waals surface area contributed by atoms with Crippen LogP contribution < -0.4 is 5.32 Å². The molecule has 0 bridgehead atoms. The summed E-state index contributed by atoms with van der Waals surface area (Å²) in [5, 5.41) is 23.0. The molecular formula is C64H123NO5. The number of nitrogens with one attached hydrogen (secondary N) is 1. The lowest BCUT2D eigenvalue weighted by Gasteiger charge is -2.20. The lowest BCUT2D eigenvalue weighted by molar-refractivity contribution is -0.143. The Bertz CT molecular complexity index is 1090. The summed E-state index contributed by atoms with van der Waals surface area (Å²) in [6, 6.07) is -0.624. The average molecular weight is 987 g/mol. The number of hydrogen-bond donors (Lipinski definition) is 3. The molecule has 0 saturated heterocycles. The lowest BCUT2D eigenvalue weighted by atomic mass is 10.0. The number of ether oxygens (including phenoxy) is 1. The van der Waals surface area contributed by atoms with E-state index in [-0.39, 0.29) is 18.5 Å². The summed E-state index contributed by atoms with van der Waals surface area (Å²) < 4.78 is 5.49. The minimum Gasteiger partial charge on any atom is -0.466 e. The van der Waals surface area contributed by atoms with Crippen LogP contribution in [0, 0.1) is 0 Å². The summed E-state index contributed by atoms with van der Waals surface area (Å²) in [6.45, 7) is 4.90. The van der Waals surface area contributed by atoms with Gasteiger partial charge in [-0.05, 0) is 57.8 Å². The van der Waals surface area contributed by atoms with Crippen LogP contribution in [0.15, 0.2) is 24.3 Å². The molecule has 0 radical (unpaired) electrons. The third-order valence-corrected chi connectivity index (χ3v) is 14.7. The van der Waals surface area contributed by atoms with Crippen LogP contribution in [0.2, 0.25) is 0 Å². The highest BCUT2D eigenvalue weighted by Gasteiger charge is 2.18. The maximum absolute atomic E-state index is 12.4. The monoisotopic (exact) mass is 986 g/mol. The first-order valence-corrected chi connectivity index (χ1v) is 31.6. The molecule has 0 spiro atoms. The zero-order chi connectivity index (χ0) is 50.7. The molecule has 0 rings (SSSR count). The van der Waals surface area contributed by atoms with Crippen LogP contribution >= 0.6 is 0 Å². The number of rotatable bonds is 59. The Morgan fingerprint density at radius 1 is 0.386 bits per heavy atom. The summed E-state index contributed by atoms with van der Waals surface area (Å²) >= 11 is 0. The fraction of sp³-hybridized carbons (Fsp3) is 0.906. The smallest absolute Gasteiger partial charge is 0.305 e. The van der Waals surface area contributed by atoms with Crippen LogP contribution in [0.3, 0.4) is 0 Å². The van der Waals surface area contributed by atoms with E-state index in [4.69, 9.17) is 4.74 Å². The molecule has 70 heavy (non-hydrogen) atoms. The largest absolute Gasteiger partial charge is 0.466 e. The van der Waals surface area contributed by atoms with Crippen LogP contribution in [0.5, 0.6) is 0 Å². The van der Waals surface area contributed by atoms with Crippen molar-refractivity contribution in [3.05, 3.63) is 24.3 Å². The molecule has 6 heteroatoms. The van der Waals surface area contributed by atoms with E-state index in [1.54, 1.807) is 6.08 Å². The van der Waals surface area contributed by atoms with Crippen molar-refractivity contribution in [1.29, 1.82) is 0 Å². The zero-order valence-electron chi connectivity index (χ0n) is 47.3. The summed E-state index contributed by atoms with van der Waals surface area (Å²) in [6.07, 6.45) is 73.8. The molecular weight excluding hydrogens is 863 g/mol. The van der Waals surface area contributed by atoms with Gasteiger partial charge in [0.25, 0.3) is 0 Å².